The van der Waals surface area contributed by atoms with Crippen molar-refractivity contribution in [3.05, 3.63) is 35.9 Å². The van der Waals surface area contributed by atoms with Gasteiger partial charge in [-0.1, -0.05) is 30.3 Å². The number of carbonyl (C=O) groups excluding carboxylic acids is 4. The normalized spacial score (nSPS) is 14.3. The Morgan fingerprint density at radius 1 is 0.909 bits per heavy atom. The summed E-state index contributed by atoms with van der Waals surface area (Å²) in [7, 11) is 0. The Bertz CT molecular complexity index is 839. The number of nitrogens with two attached hydrogens (primary N) is 2. The van der Waals surface area contributed by atoms with Gasteiger partial charge in [0.05, 0.1) is 12.6 Å². The molecule has 182 valence electrons. The van der Waals surface area contributed by atoms with Crippen LogP contribution in [0.1, 0.15) is 18.4 Å². The van der Waals surface area contributed by atoms with Crippen molar-refractivity contribution in [3.63, 3.8) is 0 Å². The fraction of sp³-hybridized carbons (Fsp3) is 0.450. The van der Waals surface area contributed by atoms with E-state index in [1.807, 2.05) is 0 Å². The zero-order valence-electron chi connectivity index (χ0n) is 17.8. The highest BCUT2D eigenvalue weighted by atomic mass is 32.1. The van der Waals surface area contributed by atoms with Crippen LogP contribution >= 0.6 is 12.6 Å². The van der Waals surface area contributed by atoms with Crippen molar-refractivity contribution >= 4 is 42.2 Å². The minimum atomic E-state index is -1.56. The highest BCUT2D eigenvalue weighted by Crippen LogP contribution is 2.06. The molecule has 0 saturated heterocycles. The summed E-state index contributed by atoms with van der Waals surface area (Å²) >= 11 is 4.01. The number of aliphatic hydroxyl groups excluding tert-OH is 1. The fourth-order valence-electron chi connectivity index (χ4n) is 2.69. The van der Waals surface area contributed by atoms with E-state index in [9.17, 15) is 24.0 Å². The van der Waals surface area contributed by atoms with E-state index in [1.54, 1.807) is 30.3 Å². The maximum atomic E-state index is 12.9. The first kappa shape index (κ1) is 27.9. The van der Waals surface area contributed by atoms with Gasteiger partial charge in [-0.15, -0.1) is 0 Å². The third-order valence-electron chi connectivity index (χ3n) is 4.57. The van der Waals surface area contributed by atoms with Gasteiger partial charge in [0.15, 0.2) is 0 Å². The molecule has 4 atom stereocenters. The molecule has 0 saturated carbocycles. The predicted molar refractivity (Wildman–Crippen MR) is 121 cm³/mol. The average Bonchev–Trinajstić information content (AvgIpc) is 2.78. The van der Waals surface area contributed by atoms with Crippen LogP contribution in [-0.4, -0.2) is 76.3 Å². The van der Waals surface area contributed by atoms with Crippen molar-refractivity contribution in [1.29, 1.82) is 0 Å². The van der Waals surface area contributed by atoms with E-state index >= 15 is 0 Å². The highest BCUT2D eigenvalue weighted by Gasteiger charge is 2.29. The van der Waals surface area contributed by atoms with Crippen LogP contribution in [0.4, 0.5) is 0 Å². The number of aliphatic carboxylic acids is 1. The number of thiol groups is 1. The van der Waals surface area contributed by atoms with E-state index < -0.39 is 60.4 Å². The van der Waals surface area contributed by atoms with Crippen molar-refractivity contribution < 1.29 is 34.2 Å². The second-order valence-electron chi connectivity index (χ2n) is 7.19. The first-order valence-electron chi connectivity index (χ1n) is 10.0. The Hall–Kier alpha value is -3.16. The van der Waals surface area contributed by atoms with Crippen molar-refractivity contribution in [2.75, 3.05) is 12.4 Å². The van der Waals surface area contributed by atoms with Crippen LogP contribution in [0.2, 0.25) is 0 Å². The Balaban J connectivity index is 2.95. The molecule has 0 aliphatic heterocycles. The number of hydrogen-bond acceptors (Lipinski definition) is 8. The molecule has 0 radical (unpaired) electrons. The quantitative estimate of drug-likeness (QED) is 0.130. The highest BCUT2D eigenvalue weighted by molar-refractivity contribution is 7.80. The van der Waals surface area contributed by atoms with E-state index in [-0.39, 0.29) is 25.0 Å². The zero-order chi connectivity index (χ0) is 25.0. The van der Waals surface area contributed by atoms with E-state index in [1.165, 1.54) is 0 Å². The molecule has 33 heavy (non-hydrogen) atoms. The molecule has 0 bridgehead atoms. The van der Waals surface area contributed by atoms with Crippen LogP contribution in [0.15, 0.2) is 30.3 Å². The van der Waals surface area contributed by atoms with Crippen LogP contribution in [0.25, 0.3) is 0 Å². The van der Waals surface area contributed by atoms with Crippen LogP contribution in [0.3, 0.4) is 0 Å². The molecule has 4 amide bonds. The van der Waals surface area contributed by atoms with Crippen LogP contribution in [-0.2, 0) is 30.4 Å². The number of nitrogens with one attached hydrogen (secondary N) is 3. The summed E-state index contributed by atoms with van der Waals surface area (Å²) in [6.45, 7) is -0.843. The van der Waals surface area contributed by atoms with Crippen molar-refractivity contribution in [3.8, 4) is 0 Å². The van der Waals surface area contributed by atoms with Crippen LogP contribution in [0.5, 0.6) is 0 Å². The van der Waals surface area contributed by atoms with Crippen molar-refractivity contribution in [2.24, 2.45) is 11.5 Å². The number of hydrogen-bond donors (Lipinski definition) is 8. The molecule has 0 aromatic heterocycles. The number of carboxylic acids is 1. The number of carbonyl (C=O) groups is 5. The van der Waals surface area contributed by atoms with E-state index in [0.29, 0.717) is 5.56 Å². The van der Waals surface area contributed by atoms with E-state index in [0.717, 1.165) is 0 Å². The Labute approximate surface area is 195 Å². The van der Waals surface area contributed by atoms with Crippen molar-refractivity contribution in [2.45, 2.75) is 43.4 Å². The molecule has 9 N–H and O–H groups in total. The predicted octanol–water partition coefficient (Wildman–Crippen LogP) is -2.72. The van der Waals surface area contributed by atoms with Gasteiger partial charge in [0.1, 0.15) is 18.1 Å². The number of amides is 4. The summed E-state index contributed by atoms with van der Waals surface area (Å²) in [4.78, 5) is 59.7. The van der Waals surface area contributed by atoms with Gasteiger partial charge in [0.25, 0.3) is 0 Å². The van der Waals surface area contributed by atoms with Gasteiger partial charge in [0.2, 0.25) is 23.6 Å². The molecule has 0 unspecified atom stereocenters. The molecule has 0 aliphatic carbocycles. The number of primary amides is 1. The SMILES string of the molecule is NC(=O)CC[C@H](N)C(=O)N[C@@H](Cc1ccccc1)C(=O)N[C@@H](CS)C(=O)N[C@@H](CO)C(=O)O. The third kappa shape index (κ3) is 9.89. The largest absolute Gasteiger partial charge is 0.480 e. The van der Waals surface area contributed by atoms with Gasteiger partial charge < -0.3 is 37.6 Å². The number of benzene rings is 1. The second kappa shape index (κ2) is 14.1. The molecular weight excluding hydrogens is 454 g/mol. The van der Waals surface area contributed by atoms with Gasteiger partial charge in [-0.25, -0.2) is 4.79 Å². The van der Waals surface area contributed by atoms with Crippen LogP contribution < -0.4 is 27.4 Å². The van der Waals surface area contributed by atoms with Gasteiger partial charge >= 0.3 is 5.97 Å². The second-order valence-corrected chi connectivity index (χ2v) is 7.55. The first-order chi connectivity index (χ1) is 15.6. The summed E-state index contributed by atoms with van der Waals surface area (Å²) in [6, 6.07) is 3.72. The molecule has 0 fully saturated rings. The van der Waals surface area contributed by atoms with E-state index in [2.05, 4.69) is 28.6 Å². The molecule has 12 nitrogen and oxygen atoms in total. The molecule has 0 aliphatic rings. The van der Waals surface area contributed by atoms with Crippen LogP contribution in [0, 0.1) is 0 Å². The number of carboxylic acid groups (broad SMARTS) is 1. The Morgan fingerprint density at radius 3 is 1.97 bits per heavy atom. The van der Waals surface area contributed by atoms with Gasteiger partial charge in [-0.3, -0.25) is 19.2 Å². The lowest BCUT2D eigenvalue weighted by Crippen LogP contribution is -2.58. The summed E-state index contributed by atoms with van der Waals surface area (Å²) in [6.07, 6.45) is -0.0574. The molecule has 1 rings (SSSR count). The number of rotatable bonds is 14. The van der Waals surface area contributed by atoms with Gasteiger partial charge in [-0.05, 0) is 12.0 Å². The molecule has 0 spiro atoms. The maximum Gasteiger partial charge on any atom is 0.328 e. The molecule has 1 aromatic rings. The molecular formula is C20H29N5O7S. The van der Waals surface area contributed by atoms with Gasteiger partial charge in [0, 0.05) is 18.6 Å². The summed E-state index contributed by atoms with van der Waals surface area (Å²) in [5.41, 5.74) is 11.6. The molecule has 0 heterocycles. The topological polar surface area (TPSA) is 214 Å². The maximum absolute atomic E-state index is 12.9. The Morgan fingerprint density at radius 2 is 1.45 bits per heavy atom. The lowest BCUT2D eigenvalue weighted by Gasteiger charge is -2.24. The monoisotopic (exact) mass is 483 g/mol. The average molecular weight is 484 g/mol. The zero-order valence-corrected chi connectivity index (χ0v) is 18.7. The summed E-state index contributed by atoms with van der Waals surface area (Å²) in [5.74, 6) is -4.55. The number of aliphatic hydroxyl groups is 1. The first-order valence-corrected chi connectivity index (χ1v) is 10.7. The lowest BCUT2D eigenvalue weighted by atomic mass is 10.0. The minimum Gasteiger partial charge on any atom is -0.480 e. The molecule has 1 aromatic carbocycles. The fourth-order valence-corrected chi connectivity index (χ4v) is 2.95. The Kier molecular flexibility index (Phi) is 11.9. The lowest BCUT2D eigenvalue weighted by molar-refractivity contribution is -0.143. The van der Waals surface area contributed by atoms with E-state index in [4.69, 9.17) is 21.7 Å². The summed E-state index contributed by atoms with van der Waals surface area (Å²) in [5, 5.41) is 25.1. The van der Waals surface area contributed by atoms with Crippen molar-refractivity contribution in [1.82, 2.24) is 16.0 Å². The van der Waals surface area contributed by atoms with Gasteiger partial charge in [-0.2, -0.15) is 12.6 Å². The minimum absolute atomic E-state index is 0.0136. The third-order valence-corrected chi connectivity index (χ3v) is 4.93. The standard InChI is InChI=1S/C20H29N5O7S/c21-12(6-7-16(22)27)17(28)23-13(8-11-4-2-1-3-5-11)18(29)25-15(10-33)19(30)24-14(9-26)20(31)32/h1-5,12-15,26,33H,6-10,21H2,(H2,22,27)(H,23,28)(H,24,30)(H,25,29)(H,31,32)/t12-,13-,14-,15-/m0/s1. The molecule has 13 heteroatoms. The smallest absolute Gasteiger partial charge is 0.328 e. The summed E-state index contributed by atoms with van der Waals surface area (Å²) < 4.78 is 0.